The Morgan fingerprint density at radius 1 is 1.35 bits per heavy atom. The van der Waals surface area contributed by atoms with E-state index in [1.807, 2.05) is 6.92 Å². The fraction of sp³-hybridized carbons (Fsp3) is 0.308. The lowest BCUT2D eigenvalue weighted by Gasteiger charge is -2.17. The monoisotopic (exact) mass is 311 g/mol. The molecule has 0 unspecified atom stereocenters. The van der Waals surface area contributed by atoms with Crippen molar-refractivity contribution in [2.75, 3.05) is 12.8 Å². The van der Waals surface area contributed by atoms with Crippen LogP contribution in [-0.2, 0) is 16.6 Å². The van der Waals surface area contributed by atoms with E-state index in [0.29, 0.717) is 12.2 Å². The molecule has 2 aromatic rings. The molecule has 108 valence electrons. The number of rotatable bonds is 4. The molecule has 7 heteroatoms. The topological polar surface area (TPSA) is 76.3 Å². The van der Waals surface area contributed by atoms with Crippen LogP contribution in [0.25, 0.3) is 0 Å². The zero-order valence-electron chi connectivity index (χ0n) is 11.6. The summed E-state index contributed by atoms with van der Waals surface area (Å²) < 4.78 is 26.3. The predicted octanol–water partition coefficient (Wildman–Crippen LogP) is 2.16. The van der Waals surface area contributed by atoms with Gasteiger partial charge >= 0.3 is 0 Å². The third kappa shape index (κ3) is 2.84. The van der Waals surface area contributed by atoms with E-state index in [1.165, 1.54) is 21.7 Å². The molecule has 5 nitrogen and oxygen atoms in total. The molecule has 20 heavy (non-hydrogen) atoms. The van der Waals surface area contributed by atoms with Crippen LogP contribution in [0.15, 0.2) is 28.6 Å². The quantitative estimate of drug-likeness (QED) is 0.878. The number of aromatic nitrogens is 1. The van der Waals surface area contributed by atoms with Crippen LogP contribution in [0.2, 0.25) is 0 Å². The molecule has 1 aromatic heterocycles. The highest BCUT2D eigenvalue weighted by Crippen LogP contribution is 2.22. The van der Waals surface area contributed by atoms with Gasteiger partial charge in [-0.2, -0.15) is 4.31 Å². The highest BCUT2D eigenvalue weighted by molar-refractivity contribution is 7.89. The van der Waals surface area contributed by atoms with Crippen molar-refractivity contribution in [2.45, 2.75) is 25.3 Å². The van der Waals surface area contributed by atoms with Gasteiger partial charge in [-0.3, -0.25) is 0 Å². The lowest BCUT2D eigenvalue weighted by Crippen LogP contribution is -2.26. The van der Waals surface area contributed by atoms with E-state index in [0.717, 1.165) is 16.1 Å². The normalized spacial score (nSPS) is 12.0. The van der Waals surface area contributed by atoms with E-state index in [9.17, 15) is 8.42 Å². The maximum atomic E-state index is 12.5. The minimum absolute atomic E-state index is 0.258. The zero-order chi connectivity index (χ0) is 14.9. The van der Waals surface area contributed by atoms with Crippen LogP contribution < -0.4 is 5.73 Å². The summed E-state index contributed by atoms with van der Waals surface area (Å²) >= 11 is 1.46. The van der Waals surface area contributed by atoms with Gasteiger partial charge in [0.15, 0.2) is 0 Å². The van der Waals surface area contributed by atoms with Gasteiger partial charge in [-0.15, -0.1) is 11.3 Å². The molecule has 1 heterocycles. The molecule has 0 aliphatic heterocycles. The van der Waals surface area contributed by atoms with Gasteiger partial charge in [-0.05, 0) is 37.6 Å². The third-order valence-corrected chi connectivity index (χ3v) is 5.88. The van der Waals surface area contributed by atoms with Crippen LogP contribution in [0, 0.1) is 13.8 Å². The summed E-state index contributed by atoms with van der Waals surface area (Å²) in [6.45, 7) is 3.99. The summed E-state index contributed by atoms with van der Waals surface area (Å²) in [5.74, 6) is 0. The van der Waals surface area contributed by atoms with Crippen LogP contribution in [0.1, 0.15) is 16.1 Å². The van der Waals surface area contributed by atoms with Gasteiger partial charge in [0.1, 0.15) is 0 Å². The fourth-order valence-electron chi connectivity index (χ4n) is 1.75. The van der Waals surface area contributed by atoms with E-state index in [2.05, 4.69) is 4.98 Å². The first-order valence-corrected chi connectivity index (χ1v) is 8.36. The van der Waals surface area contributed by atoms with Crippen LogP contribution in [0.3, 0.4) is 0 Å². The van der Waals surface area contributed by atoms with Crippen molar-refractivity contribution >= 4 is 27.0 Å². The van der Waals surface area contributed by atoms with Gasteiger partial charge in [0.25, 0.3) is 0 Å². The Kier molecular flexibility index (Phi) is 4.12. The van der Waals surface area contributed by atoms with Crippen molar-refractivity contribution in [2.24, 2.45) is 0 Å². The molecule has 0 aliphatic rings. The van der Waals surface area contributed by atoms with E-state index in [4.69, 9.17) is 5.73 Å². The fourth-order valence-corrected chi connectivity index (χ4v) is 3.89. The number of hydrogen-bond donors (Lipinski definition) is 1. The Hall–Kier alpha value is -1.44. The molecule has 0 bridgehead atoms. The first-order chi connectivity index (χ1) is 9.32. The second-order valence-corrected chi connectivity index (χ2v) is 7.62. The van der Waals surface area contributed by atoms with Gasteiger partial charge in [0, 0.05) is 24.2 Å². The minimum atomic E-state index is -3.51. The molecule has 0 aliphatic carbocycles. The van der Waals surface area contributed by atoms with E-state index < -0.39 is 10.0 Å². The molecule has 0 amide bonds. The zero-order valence-corrected chi connectivity index (χ0v) is 13.3. The summed E-state index contributed by atoms with van der Waals surface area (Å²) in [7, 11) is -1.94. The maximum Gasteiger partial charge on any atom is 0.243 e. The number of nitrogen functional groups attached to an aromatic ring is 1. The largest absolute Gasteiger partial charge is 0.399 e. The van der Waals surface area contributed by atoms with E-state index in [-0.39, 0.29) is 4.90 Å². The van der Waals surface area contributed by atoms with E-state index >= 15 is 0 Å². The highest BCUT2D eigenvalue weighted by Gasteiger charge is 2.22. The molecule has 2 N–H and O–H groups in total. The second kappa shape index (κ2) is 5.51. The van der Waals surface area contributed by atoms with Gasteiger partial charge < -0.3 is 5.73 Å². The lowest BCUT2D eigenvalue weighted by atomic mass is 10.2. The number of hydrogen-bond acceptors (Lipinski definition) is 5. The minimum Gasteiger partial charge on any atom is -0.399 e. The first kappa shape index (κ1) is 15.0. The summed E-state index contributed by atoms with van der Waals surface area (Å²) in [6, 6.07) is 4.75. The van der Waals surface area contributed by atoms with Crippen LogP contribution >= 0.6 is 11.3 Å². The van der Waals surface area contributed by atoms with Gasteiger partial charge in [0.05, 0.1) is 16.1 Å². The number of anilines is 1. The van der Waals surface area contributed by atoms with Crippen molar-refractivity contribution in [3.63, 3.8) is 0 Å². The molecule has 0 fully saturated rings. The van der Waals surface area contributed by atoms with Crippen molar-refractivity contribution in [3.05, 3.63) is 39.8 Å². The molecule has 0 radical (unpaired) electrons. The maximum absolute atomic E-state index is 12.5. The SMILES string of the molecule is Cc1cc(S(=O)(=O)N(C)Cc2scnc2C)ccc1N. The van der Waals surface area contributed by atoms with Crippen molar-refractivity contribution in [1.29, 1.82) is 0 Å². The molecular weight excluding hydrogens is 294 g/mol. The van der Waals surface area contributed by atoms with E-state index in [1.54, 1.807) is 31.6 Å². The molecule has 2 rings (SSSR count). The van der Waals surface area contributed by atoms with Crippen molar-refractivity contribution < 1.29 is 8.42 Å². The molecule has 0 atom stereocenters. The van der Waals surface area contributed by atoms with Gasteiger partial charge in [0.2, 0.25) is 10.0 Å². The Morgan fingerprint density at radius 2 is 2.05 bits per heavy atom. The molecule has 0 saturated heterocycles. The molecule has 0 spiro atoms. The Morgan fingerprint density at radius 3 is 2.60 bits per heavy atom. The molecular formula is C13H17N3O2S2. The predicted molar refractivity (Wildman–Crippen MR) is 81.1 cm³/mol. The van der Waals surface area contributed by atoms with Crippen molar-refractivity contribution in [1.82, 2.24) is 9.29 Å². The highest BCUT2D eigenvalue weighted by atomic mass is 32.2. The standard InChI is InChI=1S/C13H17N3O2S2/c1-9-6-11(4-5-12(9)14)20(17,18)16(3)7-13-10(2)15-8-19-13/h4-6,8H,7,14H2,1-3H3. The number of thiazole rings is 1. The van der Waals surface area contributed by atoms with Crippen molar-refractivity contribution in [3.8, 4) is 0 Å². The number of nitrogens with zero attached hydrogens (tertiary/aromatic N) is 2. The summed E-state index contributed by atoms with van der Waals surface area (Å²) in [5.41, 5.74) is 9.66. The summed E-state index contributed by atoms with van der Waals surface area (Å²) in [5, 5.41) is 0. The lowest BCUT2D eigenvalue weighted by molar-refractivity contribution is 0.468. The first-order valence-electron chi connectivity index (χ1n) is 6.04. The second-order valence-electron chi connectivity index (χ2n) is 4.64. The average molecular weight is 311 g/mol. The number of aryl methyl sites for hydroxylation is 2. The van der Waals surface area contributed by atoms with Crippen LogP contribution in [0.5, 0.6) is 0 Å². The number of benzene rings is 1. The Balaban J connectivity index is 2.29. The Bertz CT molecular complexity index is 723. The number of sulfonamides is 1. The average Bonchev–Trinajstić information content (AvgIpc) is 2.78. The number of nitrogens with two attached hydrogens (primary N) is 1. The van der Waals surface area contributed by atoms with Crippen LogP contribution in [0.4, 0.5) is 5.69 Å². The van der Waals surface area contributed by atoms with Gasteiger partial charge in [-0.1, -0.05) is 0 Å². The van der Waals surface area contributed by atoms with Crippen LogP contribution in [-0.4, -0.2) is 24.8 Å². The summed E-state index contributed by atoms with van der Waals surface area (Å²) in [4.78, 5) is 5.34. The Labute approximate surface area is 123 Å². The third-order valence-electron chi connectivity index (χ3n) is 3.16. The molecule has 0 saturated carbocycles. The van der Waals surface area contributed by atoms with Gasteiger partial charge in [-0.25, -0.2) is 13.4 Å². The molecule has 1 aromatic carbocycles. The smallest absolute Gasteiger partial charge is 0.243 e. The summed E-state index contributed by atoms with van der Waals surface area (Å²) in [6.07, 6.45) is 0.